The number of hydrogen-bond acceptors (Lipinski definition) is 4. The van der Waals surface area contributed by atoms with Gasteiger partial charge in [-0.1, -0.05) is 30.3 Å². The number of ketones is 1. The Bertz CT molecular complexity index is 800. The summed E-state index contributed by atoms with van der Waals surface area (Å²) in [5.41, 5.74) is 1.04. The Hall–Kier alpha value is -2.88. The van der Waals surface area contributed by atoms with Gasteiger partial charge in [0, 0.05) is 10.9 Å². The highest BCUT2D eigenvalue weighted by Crippen LogP contribution is 2.22. The van der Waals surface area contributed by atoms with Gasteiger partial charge in [0.25, 0.3) is 0 Å². The fourth-order valence-electron chi connectivity index (χ4n) is 2.01. The van der Waals surface area contributed by atoms with Gasteiger partial charge in [0.05, 0.1) is 5.97 Å². The van der Waals surface area contributed by atoms with Crippen molar-refractivity contribution in [3.8, 4) is 0 Å². The van der Waals surface area contributed by atoms with Gasteiger partial charge in [0.1, 0.15) is 5.58 Å². The number of fused-ring (bicyclic) bond motifs is 1. The van der Waals surface area contributed by atoms with Crippen LogP contribution in [0.5, 0.6) is 0 Å². The molecule has 3 aromatic rings. The molecule has 3 rings (SSSR count). The van der Waals surface area contributed by atoms with Crippen LogP contribution in [-0.4, -0.2) is 11.8 Å². The molecule has 98 valence electrons. The van der Waals surface area contributed by atoms with Gasteiger partial charge < -0.3 is 14.3 Å². The van der Waals surface area contributed by atoms with E-state index < -0.39 is 5.97 Å². The van der Waals surface area contributed by atoms with E-state index in [1.54, 1.807) is 24.3 Å². The predicted molar refractivity (Wildman–Crippen MR) is 70.4 cm³/mol. The molecule has 0 aliphatic rings. The van der Waals surface area contributed by atoms with Gasteiger partial charge in [-0.25, -0.2) is 0 Å². The van der Waals surface area contributed by atoms with Crippen molar-refractivity contribution in [1.82, 2.24) is 0 Å². The van der Waals surface area contributed by atoms with Gasteiger partial charge in [0.2, 0.25) is 5.78 Å². The molecular formula is C16H9O4-. The van der Waals surface area contributed by atoms with Gasteiger partial charge in [-0.15, -0.1) is 0 Å². The summed E-state index contributed by atoms with van der Waals surface area (Å²) in [6.45, 7) is 0. The number of furan rings is 1. The van der Waals surface area contributed by atoms with Crippen LogP contribution in [0.15, 0.2) is 59.0 Å². The first kappa shape index (κ1) is 12.2. The van der Waals surface area contributed by atoms with Crippen molar-refractivity contribution < 1.29 is 19.1 Å². The van der Waals surface area contributed by atoms with Crippen molar-refractivity contribution in [2.45, 2.75) is 0 Å². The Kier molecular flexibility index (Phi) is 2.84. The highest BCUT2D eigenvalue weighted by molar-refractivity contribution is 6.09. The molecule has 0 aliphatic carbocycles. The minimum atomic E-state index is -1.26. The largest absolute Gasteiger partial charge is 0.545 e. The lowest BCUT2D eigenvalue weighted by Crippen LogP contribution is -2.21. The zero-order valence-electron chi connectivity index (χ0n) is 10.3. The summed E-state index contributed by atoms with van der Waals surface area (Å²) in [7, 11) is 0. The van der Waals surface area contributed by atoms with Crippen LogP contribution in [0.25, 0.3) is 11.0 Å². The molecule has 1 heterocycles. The van der Waals surface area contributed by atoms with E-state index in [1.165, 1.54) is 24.3 Å². The molecule has 4 nitrogen and oxygen atoms in total. The van der Waals surface area contributed by atoms with E-state index in [2.05, 4.69) is 0 Å². The van der Waals surface area contributed by atoms with Crippen molar-refractivity contribution in [2.24, 2.45) is 0 Å². The van der Waals surface area contributed by atoms with Crippen LogP contribution < -0.4 is 5.11 Å². The first-order chi connectivity index (χ1) is 9.65. The molecule has 0 amide bonds. The van der Waals surface area contributed by atoms with Gasteiger partial charge >= 0.3 is 0 Å². The number of rotatable bonds is 3. The quantitative estimate of drug-likeness (QED) is 0.679. The van der Waals surface area contributed by atoms with Crippen LogP contribution in [0.4, 0.5) is 0 Å². The van der Waals surface area contributed by atoms with Gasteiger partial charge in [-0.3, -0.25) is 4.79 Å². The van der Waals surface area contributed by atoms with E-state index in [-0.39, 0.29) is 17.1 Å². The Morgan fingerprint density at radius 3 is 2.35 bits per heavy atom. The van der Waals surface area contributed by atoms with Crippen molar-refractivity contribution >= 4 is 22.7 Å². The minimum Gasteiger partial charge on any atom is -0.545 e. The van der Waals surface area contributed by atoms with E-state index >= 15 is 0 Å². The van der Waals surface area contributed by atoms with Crippen LogP contribution in [0.3, 0.4) is 0 Å². The topological polar surface area (TPSA) is 70.3 Å². The van der Waals surface area contributed by atoms with E-state index in [9.17, 15) is 14.7 Å². The Labute approximate surface area is 114 Å². The third-order valence-electron chi connectivity index (χ3n) is 3.01. The average Bonchev–Trinajstić information content (AvgIpc) is 2.90. The molecule has 0 aliphatic heterocycles. The van der Waals surface area contributed by atoms with E-state index in [0.29, 0.717) is 16.5 Å². The Balaban J connectivity index is 2.05. The molecule has 0 N–H and O–H groups in total. The number of benzene rings is 2. The Morgan fingerprint density at radius 1 is 0.900 bits per heavy atom. The fraction of sp³-hybridized carbons (Fsp3) is 0. The molecule has 0 fully saturated rings. The first-order valence-corrected chi connectivity index (χ1v) is 6.00. The summed E-state index contributed by atoms with van der Waals surface area (Å²) < 4.78 is 5.46. The predicted octanol–water partition coefficient (Wildman–Crippen LogP) is 2.03. The van der Waals surface area contributed by atoms with Crippen LogP contribution in [0, 0.1) is 0 Å². The number of aromatic carboxylic acids is 1. The lowest BCUT2D eigenvalue weighted by molar-refractivity contribution is -0.255. The number of carbonyl (C=O) groups is 2. The highest BCUT2D eigenvalue weighted by Gasteiger charge is 2.14. The number of carboxylic acids is 1. The average molecular weight is 265 g/mol. The standard InChI is InChI=1S/C16H10O4/c17-15(10-4-2-1-3-5-10)14-9-12-8-11(16(18)19)6-7-13(12)20-14/h1-9H,(H,18,19)/p-1. The first-order valence-electron chi connectivity index (χ1n) is 6.00. The second kappa shape index (κ2) is 4.66. The minimum absolute atomic E-state index is 0.0528. The van der Waals surface area contributed by atoms with Crippen molar-refractivity contribution in [3.05, 3.63) is 71.5 Å². The normalized spacial score (nSPS) is 10.6. The molecule has 0 saturated heterocycles. The van der Waals surface area contributed by atoms with Gasteiger partial charge in [-0.05, 0) is 29.8 Å². The van der Waals surface area contributed by atoms with Crippen LogP contribution >= 0.6 is 0 Å². The Morgan fingerprint density at radius 2 is 1.65 bits per heavy atom. The summed E-state index contributed by atoms with van der Waals surface area (Å²) in [6, 6.07) is 14.6. The molecule has 0 atom stereocenters. The van der Waals surface area contributed by atoms with Crippen molar-refractivity contribution in [3.63, 3.8) is 0 Å². The van der Waals surface area contributed by atoms with E-state index in [0.717, 1.165) is 0 Å². The summed E-state index contributed by atoms with van der Waals surface area (Å²) in [6.07, 6.45) is 0. The number of carbonyl (C=O) groups excluding carboxylic acids is 2. The van der Waals surface area contributed by atoms with E-state index in [1.807, 2.05) is 6.07 Å². The van der Waals surface area contributed by atoms with Crippen LogP contribution in [0.2, 0.25) is 0 Å². The third kappa shape index (κ3) is 2.07. The fourth-order valence-corrected chi connectivity index (χ4v) is 2.01. The number of hydrogen-bond donors (Lipinski definition) is 0. The van der Waals surface area contributed by atoms with Crippen LogP contribution in [0.1, 0.15) is 26.5 Å². The smallest absolute Gasteiger partial charge is 0.228 e. The van der Waals surface area contributed by atoms with Crippen molar-refractivity contribution in [1.29, 1.82) is 0 Å². The summed E-state index contributed by atoms with van der Waals surface area (Å²) >= 11 is 0. The molecule has 2 aromatic carbocycles. The monoisotopic (exact) mass is 265 g/mol. The second-order valence-corrected chi connectivity index (χ2v) is 4.35. The van der Waals surface area contributed by atoms with Crippen molar-refractivity contribution in [2.75, 3.05) is 0 Å². The maximum atomic E-state index is 12.2. The molecule has 0 spiro atoms. The molecule has 0 unspecified atom stereocenters. The molecular weight excluding hydrogens is 256 g/mol. The molecule has 4 heteroatoms. The molecule has 20 heavy (non-hydrogen) atoms. The summed E-state index contributed by atoms with van der Waals surface area (Å²) in [5, 5.41) is 11.4. The maximum absolute atomic E-state index is 12.2. The number of carboxylic acid groups (broad SMARTS) is 1. The summed E-state index contributed by atoms with van der Waals surface area (Å²) in [5.74, 6) is -1.32. The molecule has 1 aromatic heterocycles. The SMILES string of the molecule is O=C([O-])c1ccc2oc(C(=O)c3ccccc3)cc2c1. The lowest BCUT2D eigenvalue weighted by atomic mass is 10.1. The third-order valence-corrected chi connectivity index (χ3v) is 3.01. The zero-order chi connectivity index (χ0) is 14.1. The van der Waals surface area contributed by atoms with Gasteiger partial charge in [0.15, 0.2) is 5.76 Å². The molecule has 0 bridgehead atoms. The second-order valence-electron chi connectivity index (χ2n) is 4.35. The highest BCUT2D eigenvalue weighted by atomic mass is 16.4. The lowest BCUT2D eigenvalue weighted by Gasteiger charge is -1.99. The zero-order valence-corrected chi connectivity index (χ0v) is 10.3. The van der Waals surface area contributed by atoms with Crippen LogP contribution in [-0.2, 0) is 0 Å². The summed E-state index contributed by atoms with van der Waals surface area (Å²) in [4.78, 5) is 23.0. The maximum Gasteiger partial charge on any atom is 0.228 e. The van der Waals surface area contributed by atoms with E-state index in [4.69, 9.17) is 4.42 Å². The molecule has 0 saturated carbocycles. The van der Waals surface area contributed by atoms with Gasteiger partial charge in [-0.2, -0.15) is 0 Å². The molecule has 0 radical (unpaired) electrons.